The molecule has 0 aliphatic carbocycles. The van der Waals surface area contributed by atoms with Gasteiger partial charge in [0, 0.05) is 41.4 Å². The number of anilines is 1. The normalized spacial score (nSPS) is 32.1. The van der Waals surface area contributed by atoms with Crippen LogP contribution in [0, 0.1) is 0 Å². The summed E-state index contributed by atoms with van der Waals surface area (Å²) in [4.78, 5) is 16.7. The third-order valence-corrected chi connectivity index (χ3v) is 9.55. The van der Waals surface area contributed by atoms with Crippen molar-refractivity contribution in [2.75, 3.05) is 31.2 Å². The fourth-order valence-electron chi connectivity index (χ4n) is 8.13. The van der Waals surface area contributed by atoms with E-state index >= 15 is 0 Å². The first-order valence-electron chi connectivity index (χ1n) is 14.0. The van der Waals surface area contributed by atoms with Gasteiger partial charge in [0.2, 0.25) is 5.95 Å². The maximum absolute atomic E-state index is 7.54. The molecule has 9 nitrogen and oxygen atoms in total. The van der Waals surface area contributed by atoms with E-state index in [4.69, 9.17) is 25.4 Å². The number of fused-ring (bicyclic) bond motifs is 5. The molecule has 3 N–H and O–H groups in total. The third-order valence-electron chi connectivity index (χ3n) is 9.55. The minimum absolute atomic E-state index is 0.0459. The molecule has 40 heavy (non-hydrogen) atoms. The van der Waals surface area contributed by atoms with E-state index in [-0.39, 0.29) is 17.1 Å². The molecule has 0 radical (unpaired) electrons. The molecule has 1 aromatic rings. The molecule has 2 unspecified atom stereocenters. The molecule has 4 saturated heterocycles. The number of nitrogens with two attached hydrogens (primary N) is 1. The van der Waals surface area contributed by atoms with Crippen LogP contribution in [0.5, 0.6) is 0 Å². The quantitative estimate of drug-likeness (QED) is 0.556. The van der Waals surface area contributed by atoms with Gasteiger partial charge in [-0.15, -0.1) is 13.2 Å². The zero-order valence-corrected chi connectivity index (χ0v) is 24.4. The zero-order chi connectivity index (χ0) is 29.0. The van der Waals surface area contributed by atoms with Gasteiger partial charge >= 0.3 is 0 Å². The Morgan fingerprint density at radius 2 is 1.40 bits per heavy atom. The SMILES string of the molecule is C=CC1(C=C)C(=C)C2(N)C(=C)C3(C(=C)c4nc(nc(N5CCOCC5)n4)C3=C)N1N2C1CC(C)(C)NC(C)(C)C1. The van der Waals surface area contributed by atoms with Gasteiger partial charge in [0.15, 0.2) is 11.6 Å². The number of hydrazine groups is 1. The molecule has 2 atom stereocenters. The van der Waals surface area contributed by atoms with E-state index in [9.17, 15) is 0 Å². The van der Waals surface area contributed by atoms with Crippen molar-refractivity contribution in [1.82, 2.24) is 30.3 Å². The Morgan fingerprint density at radius 3 is 1.90 bits per heavy atom. The summed E-state index contributed by atoms with van der Waals surface area (Å²) in [7, 11) is 0. The summed E-state index contributed by atoms with van der Waals surface area (Å²) in [5.41, 5.74) is 7.05. The molecular formula is C31H42N8O. The van der Waals surface area contributed by atoms with Crippen molar-refractivity contribution < 1.29 is 4.74 Å². The first-order valence-corrected chi connectivity index (χ1v) is 14.0. The Kier molecular flexibility index (Phi) is 5.65. The average Bonchev–Trinajstić information content (AvgIpc) is 3.24. The number of rotatable bonds is 4. The predicted molar refractivity (Wildman–Crippen MR) is 160 cm³/mol. The number of nitrogens with one attached hydrogen (secondary N) is 1. The molecule has 5 aliphatic heterocycles. The lowest BCUT2D eigenvalue weighted by Gasteiger charge is -2.54. The molecular weight excluding hydrogens is 500 g/mol. The first-order chi connectivity index (χ1) is 18.7. The van der Waals surface area contributed by atoms with E-state index < -0.39 is 16.7 Å². The Balaban J connectivity index is 1.55. The van der Waals surface area contributed by atoms with Gasteiger partial charge in [0.1, 0.15) is 11.2 Å². The molecule has 0 aromatic carbocycles. The van der Waals surface area contributed by atoms with Crippen LogP contribution in [0.25, 0.3) is 11.1 Å². The number of aromatic nitrogens is 3. The Morgan fingerprint density at radius 1 is 0.875 bits per heavy atom. The van der Waals surface area contributed by atoms with Gasteiger partial charge in [0.05, 0.1) is 18.8 Å². The first kappa shape index (κ1) is 27.2. The predicted octanol–water partition coefficient (Wildman–Crippen LogP) is 3.22. The monoisotopic (exact) mass is 542 g/mol. The lowest BCUT2D eigenvalue weighted by Crippen LogP contribution is -2.67. The smallest absolute Gasteiger partial charge is 0.229 e. The largest absolute Gasteiger partial charge is 0.378 e. The number of morpholine rings is 1. The second-order valence-electron chi connectivity index (χ2n) is 13.1. The van der Waals surface area contributed by atoms with Crippen LogP contribution < -0.4 is 16.0 Å². The van der Waals surface area contributed by atoms with Crippen LogP contribution in [0.15, 0.2) is 62.8 Å². The molecule has 4 fully saturated rings. The molecule has 6 heterocycles. The van der Waals surface area contributed by atoms with Gasteiger partial charge in [-0.3, -0.25) is 0 Å². The fourth-order valence-corrected chi connectivity index (χ4v) is 8.13. The Labute approximate surface area is 237 Å². The fraction of sp³-hybridized carbons (Fsp3) is 0.516. The van der Waals surface area contributed by atoms with Crippen molar-refractivity contribution in [3.05, 3.63) is 74.4 Å². The van der Waals surface area contributed by atoms with Gasteiger partial charge in [-0.25, -0.2) is 15.0 Å². The number of piperidine rings is 2. The van der Waals surface area contributed by atoms with Crippen LogP contribution in [-0.2, 0) is 4.74 Å². The van der Waals surface area contributed by atoms with Gasteiger partial charge in [-0.2, -0.15) is 9.97 Å². The number of hydrogen-bond acceptors (Lipinski definition) is 9. The highest BCUT2D eigenvalue weighted by molar-refractivity contribution is 5.96. The van der Waals surface area contributed by atoms with E-state index in [1.165, 1.54) is 0 Å². The highest BCUT2D eigenvalue weighted by atomic mass is 16.5. The van der Waals surface area contributed by atoms with E-state index in [0.29, 0.717) is 55.0 Å². The second-order valence-corrected chi connectivity index (χ2v) is 13.1. The van der Waals surface area contributed by atoms with Crippen molar-refractivity contribution in [2.45, 2.75) is 74.4 Å². The number of nitrogens with zero attached hydrogens (tertiary/aromatic N) is 6. The van der Waals surface area contributed by atoms with Crippen LogP contribution >= 0.6 is 0 Å². The molecule has 9 heteroatoms. The van der Waals surface area contributed by atoms with E-state index in [1.54, 1.807) is 0 Å². The van der Waals surface area contributed by atoms with E-state index in [1.807, 2.05) is 12.2 Å². The maximum atomic E-state index is 7.54. The van der Waals surface area contributed by atoms with Crippen molar-refractivity contribution >= 4 is 17.1 Å². The summed E-state index contributed by atoms with van der Waals surface area (Å²) in [6.45, 7) is 38.6. The molecule has 5 aliphatic rings. The molecule has 1 spiro atoms. The molecule has 6 rings (SSSR count). The van der Waals surface area contributed by atoms with Gasteiger partial charge in [-0.05, 0) is 51.7 Å². The van der Waals surface area contributed by atoms with Crippen molar-refractivity contribution in [2.24, 2.45) is 5.73 Å². The Hall–Kier alpha value is -2.95. The standard InChI is InChI=1S/C31H42N8O/c1-11-29(12-2)21(5)31(32)22(6)30(39(29)38(31)23-17-27(7,8)36-28(9,10)18-23)19(3)24-33-25(20(30)4)35-26(34-24)37-13-15-40-16-14-37/h11-12,23,36H,1-6,13-18,32H2,7-10H3. The van der Waals surface area contributed by atoms with Crippen LogP contribution in [0.4, 0.5) is 5.95 Å². The zero-order valence-electron chi connectivity index (χ0n) is 24.4. The number of hydrogen-bond donors (Lipinski definition) is 2. The van der Waals surface area contributed by atoms with Gasteiger partial charge in [0.25, 0.3) is 0 Å². The average molecular weight is 543 g/mol. The molecule has 4 bridgehead atoms. The molecule has 1 aromatic heterocycles. The van der Waals surface area contributed by atoms with Crippen molar-refractivity contribution in [3.8, 4) is 0 Å². The highest BCUT2D eigenvalue weighted by Gasteiger charge is 2.77. The second kappa shape index (κ2) is 8.30. The lowest BCUT2D eigenvalue weighted by atomic mass is 9.63. The molecule has 0 amide bonds. The summed E-state index contributed by atoms with van der Waals surface area (Å²) in [5, 5.41) is 8.31. The summed E-state index contributed by atoms with van der Waals surface area (Å²) >= 11 is 0. The minimum Gasteiger partial charge on any atom is -0.378 e. The molecule has 212 valence electrons. The summed E-state index contributed by atoms with van der Waals surface area (Å²) in [6.07, 6.45) is 5.44. The lowest BCUT2D eigenvalue weighted by molar-refractivity contribution is -0.101. The van der Waals surface area contributed by atoms with E-state index in [0.717, 1.165) is 24.0 Å². The van der Waals surface area contributed by atoms with Crippen molar-refractivity contribution in [1.29, 1.82) is 0 Å². The summed E-state index contributed by atoms with van der Waals surface area (Å²) < 4.78 is 5.54. The van der Waals surface area contributed by atoms with Gasteiger partial charge < -0.3 is 20.7 Å². The topological polar surface area (TPSA) is 95.7 Å². The minimum atomic E-state index is -1.12. The van der Waals surface area contributed by atoms with Crippen LogP contribution in [-0.4, -0.2) is 85.1 Å². The summed E-state index contributed by atoms with van der Waals surface area (Å²) in [6, 6.07) is 0.0459. The van der Waals surface area contributed by atoms with E-state index in [2.05, 4.69) is 87.4 Å². The van der Waals surface area contributed by atoms with Crippen molar-refractivity contribution in [3.63, 3.8) is 0 Å². The highest BCUT2D eigenvalue weighted by Crippen LogP contribution is 2.67. The summed E-state index contributed by atoms with van der Waals surface area (Å²) in [5.74, 6) is 1.62. The number of ether oxygens (including phenoxy) is 1. The van der Waals surface area contributed by atoms with Crippen LogP contribution in [0.2, 0.25) is 0 Å². The Bertz CT molecular complexity index is 1330. The van der Waals surface area contributed by atoms with Crippen LogP contribution in [0.3, 0.4) is 0 Å². The van der Waals surface area contributed by atoms with Gasteiger partial charge in [-0.1, -0.05) is 38.5 Å². The maximum Gasteiger partial charge on any atom is 0.229 e. The van der Waals surface area contributed by atoms with Crippen LogP contribution in [0.1, 0.15) is 52.2 Å². The molecule has 0 saturated carbocycles. The third kappa shape index (κ3) is 3.18.